The summed E-state index contributed by atoms with van der Waals surface area (Å²) in [6, 6.07) is 12.3. The van der Waals surface area contributed by atoms with E-state index in [1.807, 2.05) is 16.7 Å². The van der Waals surface area contributed by atoms with Crippen molar-refractivity contribution >= 4 is 50.7 Å². The summed E-state index contributed by atoms with van der Waals surface area (Å²) in [4.78, 5) is 17.1. The zero-order chi connectivity index (χ0) is 16.4. The molecule has 0 saturated heterocycles. The van der Waals surface area contributed by atoms with Crippen LogP contribution in [0.5, 0.6) is 0 Å². The van der Waals surface area contributed by atoms with Crippen molar-refractivity contribution in [3.63, 3.8) is 0 Å². The summed E-state index contributed by atoms with van der Waals surface area (Å²) in [6.07, 6.45) is 5.44. The van der Waals surface area contributed by atoms with E-state index < -0.39 is 5.91 Å². The summed E-state index contributed by atoms with van der Waals surface area (Å²) in [5, 5.41) is 0.990. The van der Waals surface area contributed by atoms with Crippen LogP contribution in [-0.4, -0.2) is 10.5 Å². The number of carbonyl (C=O) groups excluding carboxylic acids is 1. The predicted molar refractivity (Wildman–Crippen MR) is 95.0 cm³/mol. The third-order valence-electron chi connectivity index (χ3n) is 3.20. The summed E-state index contributed by atoms with van der Waals surface area (Å²) in [5.41, 5.74) is 1.25. The molecule has 0 bridgehead atoms. The lowest BCUT2D eigenvalue weighted by molar-refractivity contribution is 0.0998. The first kappa shape index (κ1) is 15.8. The molecule has 0 aliphatic heterocycles. The van der Waals surface area contributed by atoms with E-state index in [9.17, 15) is 4.79 Å². The van der Waals surface area contributed by atoms with Gasteiger partial charge in [0.15, 0.2) is 4.80 Å². The topological polar surface area (TPSA) is 34.4 Å². The summed E-state index contributed by atoms with van der Waals surface area (Å²) in [6.45, 7) is 0.316. The van der Waals surface area contributed by atoms with Crippen molar-refractivity contribution in [3.8, 4) is 12.3 Å². The fraction of sp³-hybridized carbons (Fsp3) is 0.0588. The van der Waals surface area contributed by atoms with Gasteiger partial charge in [0.1, 0.15) is 0 Å². The number of carbonyl (C=O) groups is 1. The van der Waals surface area contributed by atoms with E-state index in [2.05, 4.69) is 10.9 Å². The molecular formula is C17H10Cl2N2OS. The van der Waals surface area contributed by atoms with Crippen molar-refractivity contribution in [2.75, 3.05) is 0 Å². The minimum atomic E-state index is -0.404. The van der Waals surface area contributed by atoms with Crippen LogP contribution in [0, 0.1) is 12.3 Å². The van der Waals surface area contributed by atoms with Crippen LogP contribution in [0.2, 0.25) is 10.0 Å². The van der Waals surface area contributed by atoms with Crippen LogP contribution in [-0.2, 0) is 6.54 Å². The molecule has 0 saturated carbocycles. The van der Waals surface area contributed by atoms with Gasteiger partial charge in [0, 0.05) is 5.02 Å². The van der Waals surface area contributed by atoms with Crippen LogP contribution in [0.25, 0.3) is 10.2 Å². The molecule has 0 aliphatic rings. The molecule has 23 heavy (non-hydrogen) atoms. The standard InChI is InChI=1S/C17H10Cl2N2OS/c1-2-9-21-14-8-7-11(18)10-15(14)23-17(21)20-16(22)12-5-3-4-6-13(12)19/h1,3-8,10H,9H2. The molecule has 0 aliphatic carbocycles. The summed E-state index contributed by atoms with van der Waals surface area (Å²) < 4.78 is 2.73. The second-order valence-electron chi connectivity index (χ2n) is 4.68. The highest BCUT2D eigenvalue weighted by atomic mass is 35.5. The Morgan fingerprint density at radius 3 is 2.78 bits per heavy atom. The molecule has 2 aromatic carbocycles. The fourth-order valence-corrected chi connectivity index (χ4v) is 3.68. The number of hydrogen-bond donors (Lipinski definition) is 0. The summed E-state index contributed by atoms with van der Waals surface area (Å²) in [5.74, 6) is 2.18. The first-order chi connectivity index (χ1) is 11.1. The number of halogens is 2. The number of hydrogen-bond acceptors (Lipinski definition) is 2. The molecule has 0 atom stereocenters. The highest BCUT2D eigenvalue weighted by Crippen LogP contribution is 2.22. The van der Waals surface area contributed by atoms with Gasteiger partial charge >= 0.3 is 0 Å². The summed E-state index contributed by atoms with van der Waals surface area (Å²) in [7, 11) is 0. The van der Waals surface area contributed by atoms with Crippen molar-refractivity contribution < 1.29 is 4.79 Å². The van der Waals surface area contributed by atoms with E-state index in [1.165, 1.54) is 11.3 Å². The van der Waals surface area contributed by atoms with Crippen LogP contribution in [0.15, 0.2) is 47.5 Å². The van der Waals surface area contributed by atoms with Crippen LogP contribution < -0.4 is 4.80 Å². The molecular weight excluding hydrogens is 351 g/mol. The van der Waals surface area contributed by atoms with Crippen LogP contribution in [0.4, 0.5) is 0 Å². The van der Waals surface area contributed by atoms with Gasteiger partial charge in [-0.05, 0) is 30.3 Å². The van der Waals surface area contributed by atoms with Gasteiger partial charge in [-0.1, -0.05) is 52.6 Å². The molecule has 114 valence electrons. The van der Waals surface area contributed by atoms with Crippen LogP contribution in [0.3, 0.4) is 0 Å². The van der Waals surface area contributed by atoms with E-state index in [0.717, 1.165) is 10.2 Å². The Morgan fingerprint density at radius 2 is 2.04 bits per heavy atom. The largest absolute Gasteiger partial charge is 0.305 e. The average molecular weight is 361 g/mol. The molecule has 3 aromatic rings. The predicted octanol–water partition coefficient (Wildman–Crippen LogP) is 4.38. The van der Waals surface area contributed by atoms with E-state index >= 15 is 0 Å². The quantitative estimate of drug-likeness (QED) is 0.624. The molecule has 1 heterocycles. The maximum Gasteiger partial charge on any atom is 0.281 e. The molecule has 3 rings (SSSR count). The number of thiazole rings is 1. The van der Waals surface area contributed by atoms with Gasteiger partial charge in [-0.15, -0.1) is 6.42 Å². The number of nitrogens with zero attached hydrogens (tertiary/aromatic N) is 2. The van der Waals surface area contributed by atoms with Gasteiger partial charge in [-0.2, -0.15) is 4.99 Å². The van der Waals surface area contributed by atoms with Crippen molar-refractivity contribution in [1.82, 2.24) is 4.57 Å². The number of amides is 1. The Labute approximate surface area is 146 Å². The Bertz CT molecular complexity index is 1010. The lowest BCUT2D eigenvalue weighted by atomic mass is 10.2. The Morgan fingerprint density at radius 1 is 1.26 bits per heavy atom. The maximum atomic E-state index is 12.4. The Hall–Kier alpha value is -2.06. The minimum absolute atomic E-state index is 0.316. The van der Waals surface area contributed by atoms with E-state index in [-0.39, 0.29) is 0 Å². The first-order valence-electron chi connectivity index (χ1n) is 6.66. The van der Waals surface area contributed by atoms with Crippen molar-refractivity contribution in [2.45, 2.75) is 6.54 Å². The zero-order valence-corrected chi connectivity index (χ0v) is 14.1. The second-order valence-corrected chi connectivity index (χ2v) is 6.54. The average Bonchev–Trinajstić information content (AvgIpc) is 2.84. The van der Waals surface area contributed by atoms with E-state index in [4.69, 9.17) is 29.6 Å². The molecule has 0 unspecified atom stereocenters. The number of benzene rings is 2. The number of terminal acetylenes is 1. The maximum absolute atomic E-state index is 12.4. The number of rotatable bonds is 2. The molecule has 0 N–H and O–H groups in total. The number of aromatic nitrogens is 1. The normalized spacial score (nSPS) is 11.6. The van der Waals surface area contributed by atoms with Crippen LogP contribution >= 0.6 is 34.5 Å². The lowest BCUT2D eigenvalue weighted by Gasteiger charge is -2.00. The van der Waals surface area contributed by atoms with Crippen LogP contribution in [0.1, 0.15) is 10.4 Å². The molecule has 1 amide bonds. The van der Waals surface area contributed by atoms with Crippen molar-refractivity contribution in [3.05, 3.63) is 62.9 Å². The summed E-state index contributed by atoms with van der Waals surface area (Å²) >= 11 is 13.4. The zero-order valence-electron chi connectivity index (χ0n) is 11.8. The third-order valence-corrected chi connectivity index (χ3v) is 4.80. The second kappa shape index (κ2) is 6.59. The molecule has 3 nitrogen and oxygen atoms in total. The fourth-order valence-electron chi connectivity index (χ4n) is 2.16. The van der Waals surface area contributed by atoms with E-state index in [0.29, 0.717) is 27.0 Å². The minimum Gasteiger partial charge on any atom is -0.305 e. The van der Waals surface area contributed by atoms with Gasteiger partial charge in [0.2, 0.25) is 0 Å². The SMILES string of the molecule is C#CCn1c(=NC(=O)c2ccccc2Cl)sc2cc(Cl)ccc21. The monoisotopic (exact) mass is 360 g/mol. The molecule has 6 heteroatoms. The molecule has 0 spiro atoms. The lowest BCUT2D eigenvalue weighted by Crippen LogP contribution is -2.16. The Kier molecular flexibility index (Phi) is 4.53. The van der Waals surface area contributed by atoms with Gasteiger partial charge < -0.3 is 4.57 Å². The van der Waals surface area contributed by atoms with Gasteiger partial charge in [0.25, 0.3) is 5.91 Å². The number of fused-ring (bicyclic) bond motifs is 1. The smallest absolute Gasteiger partial charge is 0.281 e. The third kappa shape index (κ3) is 3.18. The molecule has 0 radical (unpaired) electrons. The van der Waals surface area contributed by atoms with E-state index in [1.54, 1.807) is 30.3 Å². The first-order valence-corrected chi connectivity index (χ1v) is 8.23. The Balaban J connectivity index is 2.19. The van der Waals surface area contributed by atoms with Gasteiger partial charge in [-0.25, -0.2) is 0 Å². The molecule has 1 aromatic heterocycles. The highest BCUT2D eigenvalue weighted by molar-refractivity contribution is 7.16. The molecule has 0 fully saturated rings. The highest BCUT2D eigenvalue weighted by Gasteiger charge is 2.11. The van der Waals surface area contributed by atoms with Crippen molar-refractivity contribution in [2.24, 2.45) is 4.99 Å². The van der Waals surface area contributed by atoms with Gasteiger partial charge in [-0.3, -0.25) is 4.79 Å². The van der Waals surface area contributed by atoms with Gasteiger partial charge in [0.05, 0.1) is 27.3 Å². The van der Waals surface area contributed by atoms with Crippen molar-refractivity contribution in [1.29, 1.82) is 0 Å².